The molecular formula is C9H10N6OS. The first kappa shape index (κ1) is 11.4. The predicted molar refractivity (Wildman–Crippen MR) is 62.9 cm³/mol. The number of nitrogens with zero attached hydrogens (tertiary/aromatic N) is 5. The third-order valence-electron chi connectivity index (χ3n) is 2.06. The van der Waals surface area contributed by atoms with Crippen LogP contribution in [-0.2, 0) is 7.05 Å². The van der Waals surface area contributed by atoms with Crippen molar-refractivity contribution in [3.05, 3.63) is 28.8 Å². The summed E-state index contributed by atoms with van der Waals surface area (Å²) < 4.78 is 5.46. The van der Waals surface area contributed by atoms with Gasteiger partial charge in [-0.2, -0.15) is 5.10 Å². The number of carbonyl (C=O) groups is 1. The lowest BCUT2D eigenvalue weighted by Crippen LogP contribution is -2.17. The first-order valence-corrected chi connectivity index (χ1v) is 5.55. The Bertz CT molecular complexity index is 557. The lowest BCUT2D eigenvalue weighted by molar-refractivity contribution is 0.0958. The predicted octanol–water partition coefficient (Wildman–Crippen LogP) is 0.344. The molecule has 0 saturated heterocycles. The summed E-state index contributed by atoms with van der Waals surface area (Å²) in [4.78, 5) is 16.1. The molecule has 2 aromatic rings. The Morgan fingerprint density at radius 1 is 1.65 bits per heavy atom. The van der Waals surface area contributed by atoms with Crippen LogP contribution in [0, 0.1) is 6.92 Å². The van der Waals surface area contributed by atoms with Crippen LogP contribution in [0.25, 0.3) is 0 Å². The molecule has 0 atom stereocenters. The second-order valence-corrected chi connectivity index (χ2v) is 4.04. The Labute approximate surface area is 101 Å². The maximum Gasteiger partial charge on any atom is 0.285 e. The fraction of sp³-hybridized carbons (Fsp3) is 0.222. The van der Waals surface area contributed by atoms with E-state index in [0.717, 1.165) is 11.5 Å². The van der Waals surface area contributed by atoms with Gasteiger partial charge in [0.15, 0.2) is 5.82 Å². The lowest BCUT2D eigenvalue weighted by Gasteiger charge is -1.96. The molecule has 88 valence electrons. The van der Waals surface area contributed by atoms with Crippen molar-refractivity contribution < 1.29 is 4.79 Å². The highest BCUT2D eigenvalue weighted by Crippen LogP contribution is 2.07. The van der Waals surface area contributed by atoms with Crippen LogP contribution >= 0.6 is 11.5 Å². The Hall–Kier alpha value is -2.09. The monoisotopic (exact) mass is 250 g/mol. The standard InChI is InChI=1S/C9H10N6OS/c1-6-8(17-14-12-6)9(16)13-11-5-7-10-3-4-15(7)2/h3-5H,1-2H3,(H,13,16)/b11-5+. The summed E-state index contributed by atoms with van der Waals surface area (Å²) in [5.41, 5.74) is 3.00. The van der Waals surface area contributed by atoms with Gasteiger partial charge >= 0.3 is 0 Å². The van der Waals surface area contributed by atoms with Crippen LogP contribution in [0.15, 0.2) is 17.5 Å². The second kappa shape index (κ2) is 4.83. The molecule has 1 amide bonds. The average molecular weight is 250 g/mol. The number of nitrogens with one attached hydrogen (secondary N) is 1. The Kier molecular flexibility index (Phi) is 3.24. The van der Waals surface area contributed by atoms with E-state index < -0.39 is 0 Å². The summed E-state index contributed by atoms with van der Waals surface area (Å²) in [6, 6.07) is 0. The van der Waals surface area contributed by atoms with Crippen molar-refractivity contribution in [3.63, 3.8) is 0 Å². The van der Waals surface area contributed by atoms with Gasteiger partial charge in [-0.25, -0.2) is 10.4 Å². The van der Waals surface area contributed by atoms with Crippen molar-refractivity contribution >= 4 is 23.7 Å². The smallest absolute Gasteiger partial charge is 0.285 e. The molecule has 17 heavy (non-hydrogen) atoms. The van der Waals surface area contributed by atoms with Crippen LogP contribution < -0.4 is 5.43 Å². The molecule has 0 aliphatic carbocycles. The summed E-state index contributed by atoms with van der Waals surface area (Å²) in [6.45, 7) is 1.72. The summed E-state index contributed by atoms with van der Waals surface area (Å²) in [6.07, 6.45) is 4.92. The van der Waals surface area contributed by atoms with E-state index in [1.54, 1.807) is 23.9 Å². The van der Waals surface area contributed by atoms with E-state index >= 15 is 0 Å². The highest BCUT2D eigenvalue weighted by molar-refractivity contribution is 7.07. The molecule has 0 radical (unpaired) electrons. The molecule has 0 aliphatic rings. The fourth-order valence-electron chi connectivity index (χ4n) is 1.14. The molecule has 0 aromatic carbocycles. The molecule has 0 aliphatic heterocycles. The number of amides is 1. The number of hydrogen-bond acceptors (Lipinski definition) is 6. The van der Waals surface area contributed by atoms with Gasteiger partial charge < -0.3 is 4.57 Å². The minimum atomic E-state index is -0.317. The molecule has 1 N–H and O–H groups in total. The van der Waals surface area contributed by atoms with E-state index in [0.29, 0.717) is 16.4 Å². The Balaban J connectivity index is 2.00. The molecule has 2 aromatic heterocycles. The molecular weight excluding hydrogens is 240 g/mol. The molecule has 0 fully saturated rings. The van der Waals surface area contributed by atoms with Crippen LogP contribution in [0.3, 0.4) is 0 Å². The van der Waals surface area contributed by atoms with Gasteiger partial charge in [0.1, 0.15) is 4.88 Å². The van der Waals surface area contributed by atoms with Gasteiger partial charge in [0, 0.05) is 19.4 Å². The van der Waals surface area contributed by atoms with E-state index in [1.165, 1.54) is 6.21 Å². The molecule has 0 spiro atoms. The Morgan fingerprint density at radius 2 is 2.47 bits per heavy atom. The molecule has 0 saturated carbocycles. The SMILES string of the molecule is Cc1nnsc1C(=O)N/N=C/c1nccn1C. The number of aryl methyl sites for hydroxylation is 2. The van der Waals surface area contributed by atoms with Gasteiger partial charge in [0.25, 0.3) is 5.91 Å². The zero-order chi connectivity index (χ0) is 12.3. The van der Waals surface area contributed by atoms with Crippen LogP contribution in [0.4, 0.5) is 0 Å². The average Bonchev–Trinajstić information content (AvgIpc) is 2.88. The molecule has 0 bridgehead atoms. The quantitative estimate of drug-likeness (QED) is 0.629. The van der Waals surface area contributed by atoms with E-state index in [1.807, 2.05) is 7.05 Å². The summed E-state index contributed by atoms with van der Waals surface area (Å²) >= 11 is 1.04. The van der Waals surface area contributed by atoms with Gasteiger partial charge in [-0.3, -0.25) is 4.79 Å². The maximum atomic E-state index is 11.6. The van der Waals surface area contributed by atoms with Crippen LogP contribution in [-0.4, -0.2) is 31.3 Å². The minimum Gasteiger partial charge on any atom is -0.333 e. The zero-order valence-corrected chi connectivity index (χ0v) is 10.1. The van der Waals surface area contributed by atoms with Gasteiger partial charge in [-0.15, -0.1) is 5.10 Å². The van der Waals surface area contributed by atoms with Crippen LogP contribution in [0.2, 0.25) is 0 Å². The zero-order valence-electron chi connectivity index (χ0n) is 9.28. The van der Waals surface area contributed by atoms with E-state index in [-0.39, 0.29) is 5.91 Å². The second-order valence-electron chi connectivity index (χ2n) is 3.28. The van der Waals surface area contributed by atoms with Crippen molar-refractivity contribution in [2.24, 2.45) is 12.1 Å². The number of rotatable bonds is 3. The van der Waals surface area contributed by atoms with Crippen LogP contribution in [0.5, 0.6) is 0 Å². The van der Waals surface area contributed by atoms with Gasteiger partial charge in [-0.1, -0.05) is 4.49 Å². The van der Waals surface area contributed by atoms with Crippen molar-refractivity contribution in [2.45, 2.75) is 6.92 Å². The highest BCUT2D eigenvalue weighted by atomic mass is 32.1. The van der Waals surface area contributed by atoms with E-state index in [9.17, 15) is 4.79 Å². The maximum absolute atomic E-state index is 11.6. The Morgan fingerprint density at radius 3 is 3.06 bits per heavy atom. The number of aromatic nitrogens is 4. The lowest BCUT2D eigenvalue weighted by atomic mass is 10.4. The molecule has 0 unspecified atom stereocenters. The minimum absolute atomic E-state index is 0.317. The summed E-state index contributed by atoms with van der Waals surface area (Å²) in [5.74, 6) is 0.340. The number of hydrazone groups is 1. The van der Waals surface area contributed by atoms with Gasteiger partial charge in [0.05, 0.1) is 11.9 Å². The summed E-state index contributed by atoms with van der Waals surface area (Å²) in [5, 5.41) is 7.56. The number of carbonyl (C=O) groups excluding carboxylic acids is 1. The molecule has 7 nitrogen and oxygen atoms in total. The molecule has 8 heteroatoms. The van der Waals surface area contributed by atoms with Crippen molar-refractivity contribution in [2.75, 3.05) is 0 Å². The fourth-order valence-corrected chi connectivity index (χ4v) is 1.69. The van der Waals surface area contributed by atoms with Crippen LogP contribution in [0.1, 0.15) is 21.2 Å². The van der Waals surface area contributed by atoms with Crippen molar-refractivity contribution in [1.82, 2.24) is 24.6 Å². The first-order chi connectivity index (χ1) is 8.18. The normalized spacial score (nSPS) is 10.9. The van der Waals surface area contributed by atoms with E-state index in [4.69, 9.17) is 0 Å². The van der Waals surface area contributed by atoms with Gasteiger partial charge in [-0.05, 0) is 18.5 Å². The molecule has 2 heterocycles. The van der Waals surface area contributed by atoms with Gasteiger partial charge in [0.2, 0.25) is 0 Å². The highest BCUT2D eigenvalue weighted by Gasteiger charge is 2.11. The van der Waals surface area contributed by atoms with E-state index in [2.05, 4.69) is 25.1 Å². The molecule has 2 rings (SSSR count). The summed E-state index contributed by atoms with van der Waals surface area (Å²) in [7, 11) is 1.84. The largest absolute Gasteiger partial charge is 0.333 e. The third-order valence-corrected chi connectivity index (χ3v) is 2.89. The topological polar surface area (TPSA) is 85.1 Å². The third kappa shape index (κ3) is 2.53. The van der Waals surface area contributed by atoms with Crippen molar-refractivity contribution in [1.29, 1.82) is 0 Å². The van der Waals surface area contributed by atoms with Crippen molar-refractivity contribution in [3.8, 4) is 0 Å². The number of hydrogen-bond donors (Lipinski definition) is 1. The number of imidazole rings is 1. The first-order valence-electron chi connectivity index (χ1n) is 4.78.